The van der Waals surface area contributed by atoms with Gasteiger partial charge in [0, 0.05) is 28.3 Å². The molecule has 1 aromatic carbocycles. The molecule has 7 nitrogen and oxygen atoms in total. The first-order chi connectivity index (χ1) is 14.2. The van der Waals surface area contributed by atoms with Gasteiger partial charge in [-0.3, -0.25) is 4.79 Å². The summed E-state index contributed by atoms with van der Waals surface area (Å²) in [5.41, 5.74) is 11.0. The lowest BCUT2D eigenvalue weighted by molar-refractivity contribution is 0.112. The van der Waals surface area contributed by atoms with Crippen molar-refractivity contribution in [3.63, 3.8) is 0 Å². The fourth-order valence-electron chi connectivity index (χ4n) is 3.14. The zero-order valence-corrected chi connectivity index (χ0v) is 15.1. The largest absolute Gasteiger partial charge is 0.384 e. The van der Waals surface area contributed by atoms with E-state index in [1.54, 1.807) is 35.1 Å². The zero-order chi connectivity index (χ0) is 19.8. The number of hydrogen-bond acceptors (Lipinski definition) is 5. The van der Waals surface area contributed by atoms with Crippen molar-refractivity contribution in [2.75, 3.05) is 5.73 Å². The number of nitrogens with zero attached hydrogens (tertiary/aromatic N) is 4. The van der Waals surface area contributed by atoms with Crippen molar-refractivity contribution in [2.24, 2.45) is 0 Å². The molecule has 0 radical (unpaired) electrons. The number of fused-ring (bicyclic) bond motifs is 2. The van der Waals surface area contributed by atoms with Crippen LogP contribution in [0.4, 0.5) is 5.82 Å². The molecule has 3 N–H and O–H groups in total. The number of anilines is 1. The number of hydrogen-bond donors (Lipinski definition) is 2. The Balaban J connectivity index is 1.58. The van der Waals surface area contributed by atoms with Crippen molar-refractivity contribution in [3.05, 3.63) is 77.7 Å². The molecule has 0 amide bonds. The van der Waals surface area contributed by atoms with Gasteiger partial charge < -0.3 is 10.7 Å². The van der Waals surface area contributed by atoms with Crippen molar-refractivity contribution < 1.29 is 4.79 Å². The van der Waals surface area contributed by atoms with Crippen LogP contribution >= 0.6 is 0 Å². The lowest BCUT2D eigenvalue weighted by Crippen LogP contribution is -1.97. The number of nitrogens with two attached hydrogens (primary N) is 1. The second kappa shape index (κ2) is 6.62. The van der Waals surface area contributed by atoms with E-state index in [1.807, 2.05) is 30.3 Å². The van der Waals surface area contributed by atoms with Gasteiger partial charge in [0.25, 0.3) is 0 Å². The van der Waals surface area contributed by atoms with Gasteiger partial charge in [-0.1, -0.05) is 30.2 Å². The Labute approximate surface area is 165 Å². The predicted molar refractivity (Wildman–Crippen MR) is 110 cm³/mol. The van der Waals surface area contributed by atoms with Crippen LogP contribution < -0.4 is 5.73 Å². The molecule has 0 aliphatic carbocycles. The van der Waals surface area contributed by atoms with Crippen LogP contribution in [0.15, 0.2) is 60.9 Å². The number of H-pyrrole nitrogens is 1. The number of aromatic nitrogens is 5. The molecule has 0 aliphatic rings. The van der Waals surface area contributed by atoms with Crippen LogP contribution in [0.1, 0.15) is 21.6 Å². The Bertz CT molecular complexity index is 1430. The fourth-order valence-corrected chi connectivity index (χ4v) is 3.14. The minimum atomic E-state index is 0.404. The number of carbonyl (C=O) groups is 1. The minimum Gasteiger partial charge on any atom is -0.384 e. The van der Waals surface area contributed by atoms with Crippen molar-refractivity contribution in [2.45, 2.75) is 0 Å². The van der Waals surface area contributed by atoms with Gasteiger partial charge in [-0.15, -0.1) is 0 Å². The van der Waals surface area contributed by atoms with E-state index in [0.29, 0.717) is 28.4 Å². The number of pyridine rings is 1. The SMILES string of the molecule is Nc1cc(C#Cc2cnc3ccc(-c4ccc(C=O)cc4)nn23)c2cc[nH]c2n1. The topological polar surface area (TPSA) is 102 Å². The molecule has 7 heteroatoms. The van der Waals surface area contributed by atoms with E-state index in [0.717, 1.165) is 28.5 Å². The minimum absolute atomic E-state index is 0.404. The molecule has 29 heavy (non-hydrogen) atoms. The highest BCUT2D eigenvalue weighted by atomic mass is 16.1. The number of carbonyl (C=O) groups excluding carboxylic acids is 1. The van der Waals surface area contributed by atoms with E-state index in [9.17, 15) is 4.79 Å². The van der Waals surface area contributed by atoms with Gasteiger partial charge in [0.1, 0.15) is 23.4 Å². The van der Waals surface area contributed by atoms with E-state index in [-0.39, 0.29) is 0 Å². The van der Waals surface area contributed by atoms with Crippen molar-refractivity contribution >= 4 is 28.8 Å². The molecule has 0 saturated heterocycles. The number of nitrogens with one attached hydrogen (secondary N) is 1. The second-order valence-corrected chi connectivity index (χ2v) is 6.46. The summed E-state index contributed by atoms with van der Waals surface area (Å²) in [6, 6.07) is 14.7. The third-order valence-electron chi connectivity index (χ3n) is 4.58. The summed E-state index contributed by atoms with van der Waals surface area (Å²) in [6.45, 7) is 0. The molecular formula is C22H14N6O. The molecule has 0 spiro atoms. The Hall–Kier alpha value is -4.44. The van der Waals surface area contributed by atoms with Gasteiger partial charge in [0.2, 0.25) is 0 Å². The molecule has 0 saturated carbocycles. The van der Waals surface area contributed by atoms with Crippen molar-refractivity contribution in [3.8, 4) is 23.1 Å². The predicted octanol–water partition coefficient (Wildman–Crippen LogP) is 3.07. The molecule has 5 rings (SSSR count). The molecule has 0 aliphatic heterocycles. The molecule has 138 valence electrons. The lowest BCUT2D eigenvalue weighted by Gasteiger charge is -2.02. The average molecular weight is 378 g/mol. The van der Waals surface area contributed by atoms with Crippen LogP contribution in [0.3, 0.4) is 0 Å². The molecule has 0 unspecified atom stereocenters. The Morgan fingerprint density at radius 2 is 1.93 bits per heavy atom. The summed E-state index contributed by atoms with van der Waals surface area (Å²) >= 11 is 0. The molecular weight excluding hydrogens is 364 g/mol. The first-order valence-electron chi connectivity index (χ1n) is 8.87. The third-order valence-corrected chi connectivity index (χ3v) is 4.58. The van der Waals surface area contributed by atoms with E-state index in [4.69, 9.17) is 5.73 Å². The highest BCUT2D eigenvalue weighted by molar-refractivity contribution is 5.84. The van der Waals surface area contributed by atoms with Crippen LogP contribution in [-0.4, -0.2) is 30.9 Å². The maximum Gasteiger partial charge on any atom is 0.154 e. The first-order valence-corrected chi connectivity index (χ1v) is 8.87. The third kappa shape index (κ3) is 2.99. The highest BCUT2D eigenvalue weighted by Gasteiger charge is 2.07. The van der Waals surface area contributed by atoms with Gasteiger partial charge in [-0.25, -0.2) is 14.5 Å². The normalized spacial score (nSPS) is 10.8. The molecule has 4 heterocycles. The van der Waals surface area contributed by atoms with E-state index in [1.165, 1.54) is 0 Å². The second-order valence-electron chi connectivity index (χ2n) is 6.46. The van der Waals surface area contributed by atoms with E-state index < -0.39 is 0 Å². The summed E-state index contributed by atoms with van der Waals surface area (Å²) in [4.78, 5) is 22.5. The van der Waals surface area contributed by atoms with Crippen LogP contribution in [0.25, 0.3) is 27.9 Å². The average Bonchev–Trinajstić information content (AvgIpc) is 3.38. The number of rotatable bonds is 2. The Morgan fingerprint density at radius 1 is 1.07 bits per heavy atom. The molecule has 5 aromatic rings. The summed E-state index contributed by atoms with van der Waals surface area (Å²) in [6.07, 6.45) is 4.31. The monoisotopic (exact) mass is 378 g/mol. The van der Waals surface area contributed by atoms with Crippen LogP contribution in [0, 0.1) is 11.8 Å². The van der Waals surface area contributed by atoms with Gasteiger partial charge in [0.15, 0.2) is 5.65 Å². The lowest BCUT2D eigenvalue weighted by atomic mass is 10.1. The Kier molecular flexibility index (Phi) is 3.82. The van der Waals surface area contributed by atoms with Crippen LogP contribution in [0.5, 0.6) is 0 Å². The van der Waals surface area contributed by atoms with Crippen LogP contribution in [0.2, 0.25) is 0 Å². The summed E-state index contributed by atoms with van der Waals surface area (Å²) < 4.78 is 1.70. The number of aromatic amines is 1. The Morgan fingerprint density at radius 3 is 2.76 bits per heavy atom. The quantitative estimate of drug-likeness (QED) is 0.363. The van der Waals surface area contributed by atoms with Crippen molar-refractivity contribution in [1.29, 1.82) is 0 Å². The maximum atomic E-state index is 10.9. The zero-order valence-electron chi connectivity index (χ0n) is 15.1. The molecule has 0 bridgehead atoms. The number of benzene rings is 1. The van der Waals surface area contributed by atoms with Gasteiger partial charge in [-0.05, 0) is 30.2 Å². The highest BCUT2D eigenvalue weighted by Crippen LogP contribution is 2.19. The fraction of sp³-hybridized carbons (Fsp3) is 0. The van der Waals surface area contributed by atoms with Gasteiger partial charge in [0.05, 0.1) is 11.9 Å². The number of aldehydes is 1. The molecule has 4 aromatic heterocycles. The number of nitrogen functional groups attached to an aromatic ring is 1. The number of imidazole rings is 1. The standard InChI is InChI=1S/C22H14N6O/c23-20-11-16(18-9-10-24-22(18)26-20)5-6-17-12-25-21-8-7-19(27-28(17)21)15-3-1-14(13-29)2-4-15/h1-4,7-13H,(H3,23,24,26). The summed E-state index contributed by atoms with van der Waals surface area (Å²) in [5, 5.41) is 5.57. The molecule has 0 atom stereocenters. The van der Waals surface area contributed by atoms with E-state index >= 15 is 0 Å². The smallest absolute Gasteiger partial charge is 0.154 e. The van der Waals surface area contributed by atoms with Crippen molar-refractivity contribution in [1.82, 2.24) is 24.6 Å². The van der Waals surface area contributed by atoms with Crippen LogP contribution in [-0.2, 0) is 0 Å². The summed E-state index contributed by atoms with van der Waals surface area (Å²) in [5.74, 6) is 6.69. The molecule has 0 fully saturated rings. The van der Waals surface area contributed by atoms with Gasteiger partial charge in [-0.2, -0.15) is 5.10 Å². The van der Waals surface area contributed by atoms with Gasteiger partial charge >= 0.3 is 0 Å². The maximum absolute atomic E-state index is 10.9. The van der Waals surface area contributed by atoms with E-state index in [2.05, 4.69) is 31.9 Å². The first kappa shape index (κ1) is 16.7. The summed E-state index contributed by atoms with van der Waals surface area (Å²) in [7, 11) is 0.